The predicted octanol–water partition coefficient (Wildman–Crippen LogP) is 4.60. The monoisotopic (exact) mass is 384 g/mol. The molecule has 8 heteroatoms. The molecule has 0 fully saturated rings. The fourth-order valence-electron chi connectivity index (χ4n) is 2.39. The Hall–Kier alpha value is -3.00. The van der Waals surface area contributed by atoms with Crippen LogP contribution in [0.1, 0.15) is 36.1 Å². The van der Waals surface area contributed by atoms with E-state index in [0.29, 0.717) is 16.9 Å². The van der Waals surface area contributed by atoms with Gasteiger partial charge in [-0.15, -0.1) is 11.3 Å². The Morgan fingerprint density at radius 1 is 1.11 bits per heavy atom. The van der Waals surface area contributed by atoms with Gasteiger partial charge in [0.1, 0.15) is 5.60 Å². The summed E-state index contributed by atoms with van der Waals surface area (Å²) in [4.78, 5) is 33.0. The molecule has 0 saturated carbocycles. The van der Waals surface area contributed by atoms with E-state index in [1.165, 1.54) is 23.7 Å². The zero-order chi connectivity index (χ0) is 19.6. The highest BCUT2D eigenvalue weighted by Crippen LogP contribution is 2.25. The number of hydrogen-bond acceptors (Lipinski definition) is 6. The third kappa shape index (κ3) is 4.79. The summed E-state index contributed by atoms with van der Waals surface area (Å²) in [6.07, 6.45) is 2.39. The molecule has 2 heterocycles. The van der Waals surface area contributed by atoms with E-state index < -0.39 is 11.7 Å². The van der Waals surface area contributed by atoms with Gasteiger partial charge in [0.2, 0.25) is 0 Å². The predicted molar refractivity (Wildman–Crippen MR) is 106 cm³/mol. The van der Waals surface area contributed by atoms with E-state index in [1.807, 2.05) is 13.0 Å². The maximum Gasteiger partial charge on any atom is 0.412 e. The molecular formula is C19H20N4O3S. The van der Waals surface area contributed by atoms with Gasteiger partial charge in [0.05, 0.1) is 32.8 Å². The van der Waals surface area contributed by atoms with Crippen LogP contribution in [-0.4, -0.2) is 27.6 Å². The normalized spacial score (nSPS) is 11.3. The second-order valence-corrected chi connectivity index (χ2v) is 8.15. The van der Waals surface area contributed by atoms with Crippen molar-refractivity contribution >= 4 is 44.9 Å². The molecule has 0 radical (unpaired) electrons. The van der Waals surface area contributed by atoms with Crippen molar-refractivity contribution in [1.29, 1.82) is 0 Å². The zero-order valence-corrected chi connectivity index (χ0v) is 16.3. The molecule has 1 aromatic carbocycles. The molecule has 0 aliphatic heterocycles. The van der Waals surface area contributed by atoms with Gasteiger partial charge in [0.25, 0.3) is 5.91 Å². The largest absolute Gasteiger partial charge is 0.444 e. The van der Waals surface area contributed by atoms with Gasteiger partial charge in [-0.1, -0.05) is 0 Å². The molecule has 3 rings (SSSR count). The van der Waals surface area contributed by atoms with Crippen LogP contribution < -0.4 is 10.6 Å². The van der Waals surface area contributed by atoms with Gasteiger partial charge in [-0.05, 0) is 52.0 Å². The van der Waals surface area contributed by atoms with Gasteiger partial charge in [-0.2, -0.15) is 0 Å². The summed E-state index contributed by atoms with van der Waals surface area (Å²) < 4.78 is 6.19. The third-order valence-corrected chi connectivity index (χ3v) is 4.40. The second kappa shape index (κ2) is 7.32. The SMILES string of the molecule is Cc1nc2ccc(C(=O)Nc3cnccc3NC(=O)OC(C)(C)C)cc2s1. The van der Waals surface area contributed by atoms with Crippen molar-refractivity contribution in [3.8, 4) is 0 Å². The summed E-state index contributed by atoms with van der Waals surface area (Å²) in [6.45, 7) is 7.26. The Balaban J connectivity index is 1.78. The first-order valence-electron chi connectivity index (χ1n) is 8.34. The van der Waals surface area contributed by atoms with Crippen LogP contribution in [0.4, 0.5) is 16.2 Å². The molecule has 7 nitrogen and oxygen atoms in total. The number of carbonyl (C=O) groups is 2. The number of aryl methyl sites for hydroxylation is 1. The average Bonchev–Trinajstić information content (AvgIpc) is 2.94. The summed E-state index contributed by atoms with van der Waals surface area (Å²) in [5.41, 5.74) is 1.53. The average molecular weight is 384 g/mol. The van der Waals surface area contributed by atoms with E-state index in [9.17, 15) is 9.59 Å². The number of nitrogens with one attached hydrogen (secondary N) is 2. The molecule has 0 aliphatic carbocycles. The Morgan fingerprint density at radius 2 is 1.89 bits per heavy atom. The van der Waals surface area contributed by atoms with E-state index in [1.54, 1.807) is 39.0 Å². The smallest absolute Gasteiger partial charge is 0.412 e. The quantitative estimate of drug-likeness (QED) is 0.688. The first kappa shape index (κ1) is 18.8. The van der Waals surface area contributed by atoms with Crippen molar-refractivity contribution in [2.24, 2.45) is 0 Å². The fourth-order valence-corrected chi connectivity index (χ4v) is 3.26. The zero-order valence-electron chi connectivity index (χ0n) is 15.5. The minimum absolute atomic E-state index is 0.303. The molecule has 0 aliphatic rings. The van der Waals surface area contributed by atoms with Gasteiger partial charge in [-0.3, -0.25) is 15.1 Å². The Bertz CT molecular complexity index is 1010. The molecule has 2 aromatic heterocycles. The van der Waals surface area contributed by atoms with Crippen molar-refractivity contribution in [2.75, 3.05) is 10.6 Å². The van der Waals surface area contributed by atoms with Crippen LogP contribution in [-0.2, 0) is 4.74 Å². The van der Waals surface area contributed by atoms with E-state index in [-0.39, 0.29) is 5.91 Å². The number of aromatic nitrogens is 2. The lowest BCUT2D eigenvalue weighted by atomic mass is 10.2. The van der Waals surface area contributed by atoms with Crippen molar-refractivity contribution in [3.05, 3.63) is 47.2 Å². The van der Waals surface area contributed by atoms with E-state index in [0.717, 1.165) is 15.2 Å². The number of thiazole rings is 1. The number of ether oxygens (including phenoxy) is 1. The summed E-state index contributed by atoms with van der Waals surface area (Å²) in [7, 11) is 0. The maximum absolute atomic E-state index is 12.6. The fraction of sp³-hybridized carbons (Fsp3) is 0.263. The first-order chi connectivity index (χ1) is 12.7. The third-order valence-electron chi connectivity index (χ3n) is 3.46. The van der Waals surface area contributed by atoms with Crippen LogP contribution in [0.25, 0.3) is 10.2 Å². The van der Waals surface area contributed by atoms with Crippen LogP contribution >= 0.6 is 11.3 Å². The number of carbonyl (C=O) groups excluding carboxylic acids is 2. The molecule has 0 saturated heterocycles. The topological polar surface area (TPSA) is 93.2 Å². The van der Waals surface area contributed by atoms with Gasteiger partial charge < -0.3 is 10.1 Å². The molecule has 3 aromatic rings. The molecular weight excluding hydrogens is 364 g/mol. The van der Waals surface area contributed by atoms with E-state index in [2.05, 4.69) is 20.6 Å². The summed E-state index contributed by atoms with van der Waals surface area (Å²) in [5.74, 6) is -0.303. The Kier molecular flexibility index (Phi) is 5.09. The Labute approximate surface area is 160 Å². The van der Waals surface area contributed by atoms with E-state index in [4.69, 9.17) is 4.74 Å². The molecule has 0 spiro atoms. The second-order valence-electron chi connectivity index (χ2n) is 6.92. The highest BCUT2D eigenvalue weighted by Gasteiger charge is 2.18. The Morgan fingerprint density at radius 3 is 2.63 bits per heavy atom. The number of pyridine rings is 1. The van der Waals surface area contributed by atoms with Crippen LogP contribution in [0.15, 0.2) is 36.7 Å². The number of nitrogens with zero attached hydrogens (tertiary/aromatic N) is 2. The minimum atomic E-state index is -0.622. The van der Waals surface area contributed by atoms with Crippen molar-refractivity contribution in [1.82, 2.24) is 9.97 Å². The van der Waals surface area contributed by atoms with Gasteiger partial charge in [-0.25, -0.2) is 9.78 Å². The summed E-state index contributed by atoms with van der Waals surface area (Å²) in [5, 5.41) is 6.36. The van der Waals surface area contributed by atoms with Gasteiger partial charge in [0, 0.05) is 11.8 Å². The van der Waals surface area contributed by atoms with Crippen molar-refractivity contribution in [3.63, 3.8) is 0 Å². The van der Waals surface area contributed by atoms with Crippen molar-refractivity contribution in [2.45, 2.75) is 33.3 Å². The molecule has 0 bridgehead atoms. The molecule has 0 atom stereocenters. The molecule has 2 N–H and O–H groups in total. The van der Waals surface area contributed by atoms with Crippen LogP contribution in [0.2, 0.25) is 0 Å². The highest BCUT2D eigenvalue weighted by atomic mass is 32.1. The molecule has 140 valence electrons. The number of anilines is 2. The number of amides is 2. The van der Waals surface area contributed by atoms with Crippen molar-refractivity contribution < 1.29 is 14.3 Å². The van der Waals surface area contributed by atoms with Crippen LogP contribution in [0, 0.1) is 6.92 Å². The highest BCUT2D eigenvalue weighted by molar-refractivity contribution is 7.18. The maximum atomic E-state index is 12.6. The molecule has 2 amide bonds. The lowest BCUT2D eigenvalue weighted by Crippen LogP contribution is -2.27. The number of hydrogen-bond donors (Lipinski definition) is 2. The first-order valence-corrected chi connectivity index (χ1v) is 9.15. The van der Waals surface area contributed by atoms with Gasteiger partial charge >= 0.3 is 6.09 Å². The van der Waals surface area contributed by atoms with Crippen LogP contribution in [0.5, 0.6) is 0 Å². The number of fused-ring (bicyclic) bond motifs is 1. The number of rotatable bonds is 3. The number of benzene rings is 1. The summed E-state index contributed by atoms with van der Waals surface area (Å²) in [6, 6.07) is 6.92. The van der Waals surface area contributed by atoms with E-state index >= 15 is 0 Å². The van der Waals surface area contributed by atoms with Gasteiger partial charge in [0.15, 0.2) is 0 Å². The lowest BCUT2D eigenvalue weighted by Gasteiger charge is -2.20. The molecule has 0 unspecified atom stereocenters. The minimum Gasteiger partial charge on any atom is -0.444 e. The molecule has 27 heavy (non-hydrogen) atoms. The lowest BCUT2D eigenvalue weighted by molar-refractivity contribution is 0.0635. The summed E-state index contributed by atoms with van der Waals surface area (Å²) >= 11 is 1.53. The van der Waals surface area contributed by atoms with Crippen LogP contribution in [0.3, 0.4) is 0 Å². The standard InChI is InChI=1S/C19H20N4O3S/c1-11-21-14-6-5-12(9-16(14)27-11)17(24)22-15-10-20-8-7-13(15)23-18(25)26-19(2,3)4/h5-10H,1-4H3,(H,22,24)(H,20,23,25).